The summed E-state index contributed by atoms with van der Waals surface area (Å²) in [5.74, 6) is -2.77. The summed E-state index contributed by atoms with van der Waals surface area (Å²) in [6, 6.07) is -0.907. The predicted octanol–water partition coefficient (Wildman–Crippen LogP) is 0.863. The fourth-order valence-corrected chi connectivity index (χ4v) is 2.86. The van der Waals surface area contributed by atoms with Gasteiger partial charge < -0.3 is 23.8 Å². The largest absolute Gasteiger partial charge is 0.466 e. The summed E-state index contributed by atoms with van der Waals surface area (Å²) in [6.07, 6.45) is 0.217. The number of hydrogen-bond acceptors (Lipinski definition) is 9. The molecule has 0 aromatic heterocycles. The van der Waals surface area contributed by atoms with Crippen molar-refractivity contribution in [3.05, 3.63) is 12.2 Å². The number of ether oxygens (including phenoxy) is 4. The second-order valence-corrected chi connectivity index (χ2v) is 6.98. The van der Waals surface area contributed by atoms with Crippen molar-refractivity contribution in [3.63, 3.8) is 0 Å². The molecule has 1 saturated heterocycles. The molecule has 1 fully saturated rings. The van der Waals surface area contributed by atoms with E-state index in [9.17, 15) is 24.0 Å². The zero-order valence-corrected chi connectivity index (χ0v) is 18.5. The Morgan fingerprint density at radius 2 is 1.65 bits per heavy atom. The van der Waals surface area contributed by atoms with E-state index in [1.807, 2.05) is 0 Å². The number of likely N-dealkylation sites (N-methyl/N-ethyl adjacent to an activating group) is 1. The number of carbonyl (C=O) groups excluding carboxylic acids is 5. The summed E-state index contributed by atoms with van der Waals surface area (Å²) >= 11 is 0. The Morgan fingerprint density at radius 1 is 1.03 bits per heavy atom. The smallest absolute Gasteiger partial charge is 0.413 e. The van der Waals surface area contributed by atoms with Crippen molar-refractivity contribution in [3.8, 4) is 0 Å². The quantitative estimate of drug-likeness (QED) is 0.221. The molecule has 2 amide bonds. The number of rotatable bonds is 9. The third-order valence-electron chi connectivity index (χ3n) is 4.55. The van der Waals surface area contributed by atoms with Crippen LogP contribution in [0.2, 0.25) is 0 Å². The molecule has 0 unspecified atom stereocenters. The highest BCUT2D eigenvalue weighted by Crippen LogP contribution is 2.23. The van der Waals surface area contributed by atoms with Crippen LogP contribution in [0.3, 0.4) is 0 Å². The maximum Gasteiger partial charge on any atom is 0.413 e. The van der Waals surface area contributed by atoms with Crippen LogP contribution in [-0.4, -0.2) is 85.4 Å². The second kappa shape index (κ2) is 12.6. The Hall–Kier alpha value is -3.11. The van der Waals surface area contributed by atoms with E-state index >= 15 is 0 Å². The van der Waals surface area contributed by atoms with E-state index in [1.165, 1.54) is 7.11 Å². The molecular weight excluding hydrogens is 412 g/mol. The van der Waals surface area contributed by atoms with Crippen molar-refractivity contribution in [1.82, 2.24) is 9.80 Å². The number of carbonyl (C=O) groups is 5. The monoisotopic (exact) mass is 442 g/mol. The minimum absolute atomic E-state index is 0.0635. The molecule has 0 saturated carbocycles. The standard InChI is InChI=1S/C20H30N2O9/c1-6-21(7-2)18(25)15-10-14(31-17(24)9-8-16(23)28-5)11-22(15)20(27)30-12-29-19(26)13(3)4/h8-9,13-15H,6-7,10-12H2,1-5H3/b9-8+/t14-,15+/m1/s1. The Labute approximate surface area is 181 Å². The van der Waals surface area contributed by atoms with Crippen LogP contribution in [0.15, 0.2) is 12.2 Å². The van der Waals surface area contributed by atoms with Gasteiger partial charge in [0.15, 0.2) is 0 Å². The maximum atomic E-state index is 12.9. The lowest BCUT2D eigenvalue weighted by atomic mass is 10.1. The van der Waals surface area contributed by atoms with Gasteiger partial charge in [-0.3, -0.25) is 14.5 Å². The molecular formula is C20H30N2O9. The normalized spacial score (nSPS) is 18.1. The van der Waals surface area contributed by atoms with Gasteiger partial charge in [-0.25, -0.2) is 14.4 Å². The molecule has 0 spiro atoms. The zero-order chi connectivity index (χ0) is 23.6. The molecule has 0 aromatic rings. The van der Waals surface area contributed by atoms with Crippen molar-refractivity contribution in [2.45, 2.75) is 46.3 Å². The topological polar surface area (TPSA) is 129 Å². The van der Waals surface area contributed by atoms with Gasteiger partial charge in [-0.05, 0) is 13.8 Å². The highest BCUT2D eigenvalue weighted by Gasteiger charge is 2.43. The van der Waals surface area contributed by atoms with Gasteiger partial charge in [-0.1, -0.05) is 13.8 Å². The molecule has 31 heavy (non-hydrogen) atoms. The fourth-order valence-electron chi connectivity index (χ4n) is 2.86. The summed E-state index contributed by atoms with van der Waals surface area (Å²) < 4.78 is 19.5. The highest BCUT2D eigenvalue weighted by atomic mass is 16.7. The molecule has 1 aliphatic rings. The average molecular weight is 442 g/mol. The molecule has 1 rings (SSSR count). The van der Waals surface area contributed by atoms with Crippen LogP contribution in [0.1, 0.15) is 34.1 Å². The Kier molecular flexibility index (Phi) is 10.5. The van der Waals surface area contributed by atoms with Crippen LogP contribution in [0.4, 0.5) is 4.79 Å². The third-order valence-corrected chi connectivity index (χ3v) is 4.55. The van der Waals surface area contributed by atoms with Crippen LogP contribution in [-0.2, 0) is 38.1 Å². The van der Waals surface area contributed by atoms with E-state index in [0.29, 0.717) is 13.1 Å². The third kappa shape index (κ3) is 7.91. The lowest BCUT2D eigenvalue weighted by molar-refractivity contribution is -0.156. The van der Waals surface area contributed by atoms with Crippen LogP contribution in [0.25, 0.3) is 0 Å². The second-order valence-electron chi connectivity index (χ2n) is 6.98. The first kappa shape index (κ1) is 25.9. The first-order chi connectivity index (χ1) is 14.6. The molecule has 0 bridgehead atoms. The number of amides is 2. The van der Waals surface area contributed by atoms with Gasteiger partial charge in [0.25, 0.3) is 0 Å². The van der Waals surface area contributed by atoms with Gasteiger partial charge in [-0.15, -0.1) is 0 Å². The van der Waals surface area contributed by atoms with Crippen molar-refractivity contribution in [2.75, 3.05) is 33.5 Å². The van der Waals surface area contributed by atoms with E-state index in [0.717, 1.165) is 17.1 Å². The summed E-state index contributed by atoms with van der Waals surface area (Å²) in [7, 11) is 1.17. The van der Waals surface area contributed by atoms with Gasteiger partial charge >= 0.3 is 24.0 Å². The molecule has 11 heteroatoms. The van der Waals surface area contributed by atoms with Crippen molar-refractivity contribution < 1.29 is 42.9 Å². The molecule has 1 aliphatic heterocycles. The molecule has 174 valence electrons. The number of hydrogen-bond donors (Lipinski definition) is 0. The first-order valence-corrected chi connectivity index (χ1v) is 9.99. The molecule has 2 atom stereocenters. The predicted molar refractivity (Wildman–Crippen MR) is 106 cm³/mol. The minimum Gasteiger partial charge on any atom is -0.466 e. The molecule has 0 aliphatic carbocycles. The van der Waals surface area contributed by atoms with E-state index < -0.39 is 42.9 Å². The van der Waals surface area contributed by atoms with Crippen LogP contribution < -0.4 is 0 Å². The van der Waals surface area contributed by atoms with E-state index in [2.05, 4.69) is 4.74 Å². The molecule has 1 heterocycles. The Balaban J connectivity index is 2.85. The molecule has 0 N–H and O–H groups in total. The number of methoxy groups -OCH3 is 1. The van der Waals surface area contributed by atoms with Crippen molar-refractivity contribution in [2.24, 2.45) is 5.92 Å². The van der Waals surface area contributed by atoms with Gasteiger partial charge in [0.1, 0.15) is 12.1 Å². The molecule has 0 radical (unpaired) electrons. The fraction of sp³-hybridized carbons (Fsp3) is 0.650. The summed E-state index contributed by atoms with van der Waals surface area (Å²) in [5.41, 5.74) is 0. The van der Waals surface area contributed by atoms with Crippen molar-refractivity contribution >= 4 is 29.9 Å². The highest BCUT2D eigenvalue weighted by molar-refractivity contribution is 5.92. The van der Waals surface area contributed by atoms with Gasteiger partial charge in [0.05, 0.1) is 19.6 Å². The van der Waals surface area contributed by atoms with Crippen molar-refractivity contribution in [1.29, 1.82) is 0 Å². The zero-order valence-electron chi connectivity index (χ0n) is 18.5. The average Bonchev–Trinajstić information content (AvgIpc) is 3.16. The number of esters is 3. The first-order valence-electron chi connectivity index (χ1n) is 9.99. The van der Waals surface area contributed by atoms with Gasteiger partial charge in [-0.2, -0.15) is 0 Å². The van der Waals surface area contributed by atoms with Crippen LogP contribution in [0, 0.1) is 5.92 Å². The SMILES string of the molecule is CCN(CC)C(=O)[C@@H]1C[C@@H](OC(=O)/C=C/C(=O)OC)CN1C(=O)OCOC(=O)C(C)C. The summed E-state index contributed by atoms with van der Waals surface area (Å²) in [4.78, 5) is 62.6. The molecule has 11 nitrogen and oxygen atoms in total. The van der Waals surface area contributed by atoms with Gasteiger partial charge in [0.2, 0.25) is 12.7 Å². The van der Waals surface area contributed by atoms with E-state index in [1.54, 1.807) is 32.6 Å². The lowest BCUT2D eigenvalue weighted by Gasteiger charge is -2.28. The summed E-state index contributed by atoms with van der Waals surface area (Å²) in [5, 5.41) is 0. The molecule has 0 aromatic carbocycles. The van der Waals surface area contributed by atoms with Gasteiger partial charge in [0, 0.05) is 31.7 Å². The lowest BCUT2D eigenvalue weighted by Crippen LogP contribution is -2.48. The summed E-state index contributed by atoms with van der Waals surface area (Å²) in [6.45, 7) is 7.07. The minimum atomic E-state index is -0.907. The van der Waals surface area contributed by atoms with E-state index in [4.69, 9.17) is 14.2 Å². The van der Waals surface area contributed by atoms with Crippen LogP contribution >= 0.6 is 0 Å². The number of likely N-dealkylation sites (tertiary alicyclic amines) is 1. The Morgan fingerprint density at radius 3 is 2.19 bits per heavy atom. The number of nitrogens with zero attached hydrogens (tertiary/aromatic N) is 2. The maximum absolute atomic E-state index is 12.9. The van der Waals surface area contributed by atoms with E-state index in [-0.39, 0.29) is 24.8 Å². The van der Waals surface area contributed by atoms with Crippen LogP contribution in [0.5, 0.6) is 0 Å². The Bertz CT molecular complexity index is 701.